The molecule has 8 heteroatoms. The van der Waals surface area contributed by atoms with Crippen molar-refractivity contribution in [2.24, 2.45) is 0 Å². The number of para-hydroxylation sites is 1. The van der Waals surface area contributed by atoms with Crippen LogP contribution in [0, 0.1) is 6.92 Å². The molecule has 0 aliphatic carbocycles. The summed E-state index contributed by atoms with van der Waals surface area (Å²) in [5, 5.41) is 8.03. The van der Waals surface area contributed by atoms with E-state index in [0.717, 1.165) is 15.6 Å². The third-order valence-corrected chi connectivity index (χ3v) is 5.04. The normalized spacial score (nSPS) is 10.8. The molecule has 0 unspecified atom stereocenters. The van der Waals surface area contributed by atoms with E-state index in [1.54, 1.807) is 41.6 Å². The van der Waals surface area contributed by atoms with Crippen LogP contribution in [0.2, 0.25) is 0 Å². The minimum absolute atomic E-state index is 0.216. The maximum absolute atomic E-state index is 12.5. The number of hydrogen-bond donors (Lipinski definition) is 1. The molecule has 1 amide bonds. The number of nitrogens with zero attached hydrogens (tertiary/aromatic N) is 4. The van der Waals surface area contributed by atoms with Gasteiger partial charge in [0, 0.05) is 16.3 Å². The molecule has 0 spiro atoms. The number of hydrogen-bond acceptors (Lipinski definition) is 6. The Morgan fingerprint density at radius 1 is 1.14 bits per heavy atom. The Morgan fingerprint density at radius 2 is 1.93 bits per heavy atom. The second-order valence-corrected chi connectivity index (χ2v) is 7.08. The number of benzene rings is 2. The molecule has 0 bridgehead atoms. The third kappa shape index (κ3) is 3.67. The molecule has 7 nitrogen and oxygen atoms in total. The zero-order valence-electron chi connectivity index (χ0n) is 15.3. The van der Waals surface area contributed by atoms with E-state index < -0.39 is 0 Å². The van der Waals surface area contributed by atoms with E-state index >= 15 is 0 Å². The second kappa shape index (κ2) is 7.69. The van der Waals surface area contributed by atoms with Crippen LogP contribution in [0.1, 0.15) is 16.1 Å². The summed E-state index contributed by atoms with van der Waals surface area (Å²) in [6, 6.07) is 16.7. The Labute approximate surface area is 165 Å². The first-order chi connectivity index (χ1) is 13.6. The van der Waals surface area contributed by atoms with Gasteiger partial charge in [0.05, 0.1) is 12.7 Å². The van der Waals surface area contributed by atoms with Crippen LogP contribution in [0.15, 0.2) is 70.8 Å². The fourth-order valence-electron chi connectivity index (χ4n) is 2.73. The molecule has 0 atom stereocenters. The number of ether oxygens (including phenoxy) is 1. The van der Waals surface area contributed by atoms with Crippen molar-refractivity contribution in [2.75, 3.05) is 12.4 Å². The Bertz CT molecular complexity index is 1140. The average molecular weight is 391 g/mol. The highest BCUT2D eigenvalue weighted by Gasteiger charge is 2.12. The fourth-order valence-corrected chi connectivity index (χ4v) is 3.69. The molecule has 0 aliphatic rings. The first kappa shape index (κ1) is 18.0. The molecule has 2 aromatic carbocycles. The standard InChI is InChI=1S/C20H17N5O2S/c1-13-11-18(25-20(23-13)21-12-22-25)28-15-9-7-14(8-10-15)24-19(26)16-5-3-4-6-17(16)27-2/h3-12H,1-2H3,(H,24,26). The summed E-state index contributed by atoms with van der Waals surface area (Å²) >= 11 is 1.55. The van der Waals surface area contributed by atoms with E-state index in [2.05, 4.69) is 20.4 Å². The fraction of sp³-hybridized carbons (Fsp3) is 0.100. The smallest absolute Gasteiger partial charge is 0.259 e. The average Bonchev–Trinajstić information content (AvgIpc) is 3.18. The van der Waals surface area contributed by atoms with Crippen LogP contribution in [0.3, 0.4) is 0 Å². The SMILES string of the molecule is COc1ccccc1C(=O)Nc1ccc(Sc2cc(C)nc3ncnn23)cc1. The third-order valence-electron chi connectivity index (χ3n) is 4.03. The maximum Gasteiger partial charge on any atom is 0.259 e. The number of rotatable bonds is 5. The van der Waals surface area contributed by atoms with Gasteiger partial charge >= 0.3 is 0 Å². The van der Waals surface area contributed by atoms with Gasteiger partial charge in [-0.1, -0.05) is 23.9 Å². The van der Waals surface area contributed by atoms with Gasteiger partial charge in [-0.25, -0.2) is 4.98 Å². The second-order valence-electron chi connectivity index (χ2n) is 5.99. The molecule has 2 aromatic heterocycles. The molecule has 0 aliphatic heterocycles. The summed E-state index contributed by atoms with van der Waals surface area (Å²) in [5.74, 6) is 0.896. The largest absolute Gasteiger partial charge is 0.496 e. The van der Waals surface area contributed by atoms with E-state index in [4.69, 9.17) is 4.74 Å². The van der Waals surface area contributed by atoms with E-state index in [0.29, 0.717) is 22.8 Å². The highest BCUT2D eigenvalue weighted by molar-refractivity contribution is 7.99. The van der Waals surface area contributed by atoms with E-state index in [-0.39, 0.29) is 5.91 Å². The summed E-state index contributed by atoms with van der Waals surface area (Å²) < 4.78 is 6.95. The van der Waals surface area contributed by atoms with Crippen LogP contribution in [-0.4, -0.2) is 32.6 Å². The number of carbonyl (C=O) groups excluding carboxylic acids is 1. The molecule has 0 saturated carbocycles. The maximum atomic E-state index is 12.5. The van der Waals surface area contributed by atoms with Crippen molar-refractivity contribution in [3.63, 3.8) is 0 Å². The van der Waals surface area contributed by atoms with Gasteiger partial charge in [0.1, 0.15) is 17.1 Å². The predicted molar refractivity (Wildman–Crippen MR) is 107 cm³/mol. The van der Waals surface area contributed by atoms with E-state index in [1.807, 2.05) is 43.3 Å². The summed E-state index contributed by atoms with van der Waals surface area (Å²) in [6.45, 7) is 1.93. The number of carbonyl (C=O) groups is 1. The molecule has 28 heavy (non-hydrogen) atoms. The van der Waals surface area contributed by atoms with Crippen molar-refractivity contribution >= 4 is 29.1 Å². The molecule has 0 radical (unpaired) electrons. The van der Waals surface area contributed by atoms with Crippen molar-refractivity contribution in [2.45, 2.75) is 16.8 Å². The van der Waals surface area contributed by atoms with Gasteiger partial charge in [-0.3, -0.25) is 4.79 Å². The minimum atomic E-state index is -0.216. The lowest BCUT2D eigenvalue weighted by Gasteiger charge is -2.10. The van der Waals surface area contributed by atoms with Crippen molar-refractivity contribution in [1.82, 2.24) is 19.6 Å². The Balaban J connectivity index is 1.51. The van der Waals surface area contributed by atoms with Gasteiger partial charge in [0.25, 0.3) is 11.7 Å². The van der Waals surface area contributed by atoms with Crippen molar-refractivity contribution < 1.29 is 9.53 Å². The lowest BCUT2D eigenvalue weighted by molar-refractivity contribution is 0.102. The molecular weight excluding hydrogens is 374 g/mol. The monoisotopic (exact) mass is 391 g/mol. The molecule has 0 saturated heterocycles. The highest BCUT2D eigenvalue weighted by Crippen LogP contribution is 2.29. The number of nitrogens with one attached hydrogen (secondary N) is 1. The summed E-state index contributed by atoms with van der Waals surface area (Å²) in [5.41, 5.74) is 2.07. The molecule has 2 heterocycles. The number of aryl methyl sites for hydroxylation is 1. The quantitative estimate of drug-likeness (QED) is 0.521. The Morgan fingerprint density at radius 3 is 2.71 bits per heavy atom. The number of amides is 1. The Kier molecular flexibility index (Phi) is 4.94. The zero-order valence-corrected chi connectivity index (χ0v) is 16.1. The lowest BCUT2D eigenvalue weighted by atomic mass is 10.2. The van der Waals surface area contributed by atoms with Crippen molar-refractivity contribution in [3.05, 3.63) is 72.2 Å². The predicted octanol–water partition coefficient (Wildman–Crippen LogP) is 3.84. The topological polar surface area (TPSA) is 81.4 Å². The highest BCUT2D eigenvalue weighted by atomic mass is 32.2. The van der Waals surface area contributed by atoms with Crippen LogP contribution >= 0.6 is 11.8 Å². The first-order valence-electron chi connectivity index (χ1n) is 8.54. The number of fused-ring (bicyclic) bond motifs is 1. The molecule has 0 fully saturated rings. The van der Waals surface area contributed by atoms with Gasteiger partial charge in [-0.2, -0.15) is 14.6 Å². The molecular formula is C20H17N5O2S. The van der Waals surface area contributed by atoms with Crippen molar-refractivity contribution in [3.8, 4) is 5.75 Å². The minimum Gasteiger partial charge on any atom is -0.496 e. The Hall–Kier alpha value is -3.39. The van der Waals surface area contributed by atoms with Crippen LogP contribution in [-0.2, 0) is 0 Å². The molecule has 140 valence electrons. The number of anilines is 1. The van der Waals surface area contributed by atoms with Gasteiger partial charge in [0.2, 0.25) is 0 Å². The molecule has 1 N–H and O–H groups in total. The summed E-state index contributed by atoms with van der Waals surface area (Å²) in [7, 11) is 1.55. The van der Waals surface area contributed by atoms with E-state index in [9.17, 15) is 4.79 Å². The van der Waals surface area contributed by atoms with Crippen LogP contribution in [0.25, 0.3) is 5.78 Å². The van der Waals surface area contributed by atoms with Crippen LogP contribution < -0.4 is 10.1 Å². The summed E-state index contributed by atoms with van der Waals surface area (Å²) in [6.07, 6.45) is 1.49. The van der Waals surface area contributed by atoms with Gasteiger partial charge < -0.3 is 10.1 Å². The molecule has 4 aromatic rings. The lowest BCUT2D eigenvalue weighted by Crippen LogP contribution is -2.12. The van der Waals surface area contributed by atoms with Crippen molar-refractivity contribution in [1.29, 1.82) is 0 Å². The number of methoxy groups -OCH3 is 1. The first-order valence-corrected chi connectivity index (χ1v) is 9.35. The van der Waals surface area contributed by atoms with Gasteiger partial charge in [-0.15, -0.1) is 0 Å². The van der Waals surface area contributed by atoms with E-state index in [1.165, 1.54) is 6.33 Å². The number of aromatic nitrogens is 4. The van der Waals surface area contributed by atoms with Gasteiger partial charge in [-0.05, 0) is 49.4 Å². The summed E-state index contributed by atoms with van der Waals surface area (Å²) in [4.78, 5) is 22.0. The van der Waals surface area contributed by atoms with Crippen LogP contribution in [0.5, 0.6) is 5.75 Å². The zero-order chi connectivity index (χ0) is 19.5. The van der Waals surface area contributed by atoms with Crippen LogP contribution in [0.4, 0.5) is 5.69 Å². The van der Waals surface area contributed by atoms with Gasteiger partial charge in [0.15, 0.2) is 0 Å². The molecule has 4 rings (SSSR count).